The molecule has 8 aromatic rings. The van der Waals surface area contributed by atoms with Crippen molar-refractivity contribution in [2.24, 2.45) is 0 Å². The number of benzene rings is 8. The molecule has 0 heterocycles. The van der Waals surface area contributed by atoms with Gasteiger partial charge in [-0.25, -0.2) is 0 Å². The number of rotatable bonds is 11. The Labute approximate surface area is 442 Å². The summed E-state index contributed by atoms with van der Waals surface area (Å²) in [7, 11) is 0. The van der Waals surface area contributed by atoms with Crippen molar-refractivity contribution in [3.8, 4) is 0 Å². The third kappa shape index (κ3) is 11.7. The molecule has 0 fully saturated rings. The van der Waals surface area contributed by atoms with Crippen LogP contribution in [0.4, 0.5) is 0 Å². The molecule has 8 rings (SSSR count). The Morgan fingerprint density at radius 2 is 0.453 bits per heavy atom. The van der Waals surface area contributed by atoms with Crippen molar-refractivity contribution in [3.63, 3.8) is 0 Å². The van der Waals surface area contributed by atoms with Crippen LogP contribution < -0.4 is 0 Å². The molecule has 0 aliphatic rings. The number of hydrogen-bond donors (Lipinski definition) is 0. The summed E-state index contributed by atoms with van der Waals surface area (Å²) < 4.78 is 7.82. The van der Waals surface area contributed by atoms with Crippen LogP contribution in [0.3, 0.4) is 0 Å². The van der Waals surface area contributed by atoms with Crippen molar-refractivity contribution >= 4 is 173 Å². The fourth-order valence-electron chi connectivity index (χ4n) is 7.71. The Hall–Kier alpha value is -3.44. The molecule has 0 amide bonds. The highest BCUT2D eigenvalue weighted by Crippen LogP contribution is 2.51. The maximum Gasteiger partial charge on any atom is 0.0181 e. The SMILES string of the molecule is Brc1cccc(/C=C(/C(=C(/C(=C(/C(=C/c2cccc(Br)c2)c2cccc(Br)c2)c2cccc(Br)c2)c2cccc(Br)c2)c2cccc(Br)c2)c2cccc(Br)c2)c2cccc(Br)c2)c1. The standard InChI is InChI=1S/C56H34Br8/c57-43-17-1-9-35(25-43)27-51(37-11-3-19-45(59)29-37)53(39-13-5-21-47(61)31-39)55(41-15-7-23-49(63)33-41)56(42-16-8-24-50(64)34-42)54(40-14-6-22-48(62)32-40)52(38-12-4-20-46(60)30-38)28-36-10-2-18-44(58)26-36/h1-34H/b51-27+,52-28+,55-53+,56-54+. The summed E-state index contributed by atoms with van der Waals surface area (Å²) in [5.74, 6) is 0. The molecule has 0 saturated heterocycles. The van der Waals surface area contributed by atoms with Gasteiger partial charge >= 0.3 is 0 Å². The lowest BCUT2D eigenvalue weighted by molar-refractivity contribution is 1.51. The Kier molecular flexibility index (Phi) is 16.1. The van der Waals surface area contributed by atoms with Gasteiger partial charge in [-0.1, -0.05) is 225 Å². The second-order valence-corrected chi connectivity index (χ2v) is 22.1. The minimum Gasteiger partial charge on any atom is -0.0605 e. The summed E-state index contributed by atoms with van der Waals surface area (Å²) in [4.78, 5) is 0. The molecule has 0 bridgehead atoms. The van der Waals surface area contributed by atoms with Crippen LogP contribution in [-0.2, 0) is 0 Å². The molecule has 0 unspecified atom stereocenters. The van der Waals surface area contributed by atoms with E-state index in [1.165, 1.54) is 0 Å². The zero-order valence-electron chi connectivity index (χ0n) is 33.7. The molecule has 64 heavy (non-hydrogen) atoms. The van der Waals surface area contributed by atoms with E-state index in [9.17, 15) is 0 Å². The Morgan fingerprint density at radius 3 is 0.719 bits per heavy atom. The van der Waals surface area contributed by atoms with Crippen molar-refractivity contribution < 1.29 is 0 Å². The molecule has 0 atom stereocenters. The topological polar surface area (TPSA) is 0 Å². The fourth-order valence-corrected chi connectivity index (χ4v) is 10.9. The molecular weight excluding hydrogens is 1310 g/mol. The molecule has 0 spiro atoms. The number of hydrogen-bond acceptors (Lipinski definition) is 0. The number of allylic oxidation sites excluding steroid dienone is 6. The third-order valence-corrected chi connectivity index (χ3v) is 14.3. The zero-order valence-corrected chi connectivity index (χ0v) is 46.3. The van der Waals surface area contributed by atoms with Gasteiger partial charge in [-0.15, -0.1) is 0 Å². The van der Waals surface area contributed by atoms with Crippen LogP contribution in [0.2, 0.25) is 0 Å². The molecule has 8 aromatic carbocycles. The Bertz CT molecular complexity index is 2940. The largest absolute Gasteiger partial charge is 0.0605 e. The highest BCUT2D eigenvalue weighted by atomic mass is 79.9. The molecule has 0 nitrogen and oxygen atoms in total. The molecule has 0 aliphatic carbocycles. The van der Waals surface area contributed by atoms with E-state index in [1.54, 1.807) is 0 Å². The van der Waals surface area contributed by atoms with Gasteiger partial charge in [0.1, 0.15) is 0 Å². The first kappa shape index (κ1) is 47.1. The minimum absolute atomic E-state index is 0.963. The summed E-state index contributed by atoms with van der Waals surface area (Å²) in [6.07, 6.45) is 4.62. The normalized spacial score (nSPS) is 12.8. The van der Waals surface area contributed by atoms with Crippen molar-refractivity contribution in [2.45, 2.75) is 0 Å². The summed E-state index contributed by atoms with van der Waals surface area (Å²) in [6.45, 7) is 0. The molecule has 0 radical (unpaired) electrons. The van der Waals surface area contributed by atoms with E-state index in [-0.39, 0.29) is 0 Å². The fraction of sp³-hybridized carbons (Fsp3) is 0. The molecular formula is C56H34Br8. The number of halogens is 8. The van der Waals surface area contributed by atoms with Crippen molar-refractivity contribution in [1.82, 2.24) is 0 Å². The highest BCUT2D eigenvalue weighted by molar-refractivity contribution is 9.11. The molecule has 0 saturated carbocycles. The second-order valence-electron chi connectivity index (χ2n) is 14.8. The van der Waals surface area contributed by atoms with E-state index in [0.717, 1.165) is 114 Å². The van der Waals surface area contributed by atoms with Crippen molar-refractivity contribution in [2.75, 3.05) is 0 Å². The summed E-state index contributed by atoms with van der Waals surface area (Å²) in [6, 6.07) is 68.7. The van der Waals surface area contributed by atoms with E-state index < -0.39 is 0 Å². The van der Waals surface area contributed by atoms with Gasteiger partial charge in [-0.05, 0) is 187 Å². The van der Waals surface area contributed by atoms with Gasteiger partial charge in [0.25, 0.3) is 0 Å². The first-order valence-electron chi connectivity index (χ1n) is 20.0. The monoisotopic (exact) mass is 1340 g/mol. The van der Waals surface area contributed by atoms with Crippen LogP contribution in [0.25, 0.3) is 45.6 Å². The van der Waals surface area contributed by atoms with E-state index in [0.29, 0.717) is 0 Å². The first-order chi connectivity index (χ1) is 31.0. The predicted octanol–water partition coefficient (Wildman–Crippen LogP) is 20.8. The maximum atomic E-state index is 3.93. The molecule has 8 heteroatoms. The molecule has 0 aliphatic heterocycles. The van der Waals surface area contributed by atoms with E-state index in [2.05, 4.69) is 334 Å². The van der Waals surface area contributed by atoms with E-state index in [1.807, 2.05) is 0 Å². The van der Waals surface area contributed by atoms with E-state index in [4.69, 9.17) is 0 Å². The molecule has 0 aromatic heterocycles. The van der Waals surface area contributed by atoms with Gasteiger partial charge in [0.05, 0.1) is 0 Å². The Balaban J connectivity index is 1.71. The zero-order chi connectivity index (χ0) is 44.7. The smallest absolute Gasteiger partial charge is 0.0181 e. The van der Waals surface area contributed by atoms with Crippen LogP contribution >= 0.6 is 127 Å². The van der Waals surface area contributed by atoms with Crippen LogP contribution in [0.15, 0.2) is 230 Å². The van der Waals surface area contributed by atoms with Gasteiger partial charge in [0.15, 0.2) is 0 Å². The van der Waals surface area contributed by atoms with Gasteiger partial charge < -0.3 is 0 Å². The van der Waals surface area contributed by atoms with Crippen molar-refractivity contribution in [3.05, 3.63) is 274 Å². The first-order valence-corrected chi connectivity index (χ1v) is 26.3. The van der Waals surface area contributed by atoms with Crippen LogP contribution in [0.5, 0.6) is 0 Å². The van der Waals surface area contributed by atoms with E-state index >= 15 is 0 Å². The summed E-state index contributed by atoms with van der Waals surface area (Å²) in [5.41, 5.74) is 14.5. The Morgan fingerprint density at radius 1 is 0.234 bits per heavy atom. The van der Waals surface area contributed by atoms with Crippen LogP contribution in [0, 0.1) is 0 Å². The van der Waals surface area contributed by atoms with Crippen molar-refractivity contribution in [1.29, 1.82) is 0 Å². The van der Waals surface area contributed by atoms with Crippen LogP contribution in [-0.4, -0.2) is 0 Å². The van der Waals surface area contributed by atoms with Gasteiger partial charge in [-0.2, -0.15) is 0 Å². The summed E-state index contributed by atoms with van der Waals surface area (Å²) in [5, 5.41) is 0. The average Bonchev–Trinajstić information content (AvgIpc) is 3.26. The van der Waals surface area contributed by atoms with Gasteiger partial charge in [-0.3, -0.25) is 0 Å². The lowest BCUT2D eigenvalue weighted by atomic mass is 9.76. The molecule has 0 N–H and O–H groups in total. The quantitative estimate of drug-likeness (QED) is 0.0894. The van der Waals surface area contributed by atoms with Crippen LogP contribution in [0.1, 0.15) is 44.5 Å². The maximum absolute atomic E-state index is 3.93. The minimum atomic E-state index is 0.963. The highest BCUT2D eigenvalue weighted by Gasteiger charge is 2.28. The third-order valence-electron chi connectivity index (χ3n) is 10.3. The van der Waals surface area contributed by atoms with Gasteiger partial charge in [0, 0.05) is 35.8 Å². The predicted molar refractivity (Wildman–Crippen MR) is 303 cm³/mol. The lowest BCUT2D eigenvalue weighted by Crippen LogP contribution is -2.04. The van der Waals surface area contributed by atoms with Gasteiger partial charge in [0.2, 0.25) is 0 Å². The lowest BCUT2D eigenvalue weighted by Gasteiger charge is -2.27. The second kappa shape index (κ2) is 21.9. The average molecular weight is 1350 g/mol. The summed E-state index contributed by atoms with van der Waals surface area (Å²) >= 11 is 30.9. The molecule has 314 valence electrons.